The highest BCUT2D eigenvalue weighted by molar-refractivity contribution is 5.77. The van der Waals surface area contributed by atoms with Crippen LogP contribution in [0.2, 0.25) is 0 Å². The van der Waals surface area contributed by atoms with Crippen LogP contribution in [0.15, 0.2) is 36.7 Å². The highest BCUT2D eigenvalue weighted by Crippen LogP contribution is 2.11. The molecule has 0 aliphatic heterocycles. The fourth-order valence-electron chi connectivity index (χ4n) is 1.78. The van der Waals surface area contributed by atoms with Crippen LogP contribution >= 0.6 is 0 Å². The number of benzene rings is 1. The predicted octanol–water partition coefficient (Wildman–Crippen LogP) is 2.31. The lowest BCUT2D eigenvalue weighted by atomic mass is 10.1. The molecule has 2 rings (SSSR count). The van der Waals surface area contributed by atoms with Crippen molar-refractivity contribution in [3.05, 3.63) is 53.6 Å². The summed E-state index contributed by atoms with van der Waals surface area (Å²) in [6, 6.07) is 7.63. The van der Waals surface area contributed by atoms with Gasteiger partial charge in [-0.15, -0.1) is 0 Å². The molecule has 2 aromatic rings. The molecule has 0 fully saturated rings. The molecular weight excluding hydrogens is 200 g/mol. The zero-order valence-electron chi connectivity index (χ0n) is 9.26. The van der Waals surface area contributed by atoms with Gasteiger partial charge in [0.25, 0.3) is 0 Å². The molecular formula is C13H14N2O. The first-order valence-electron chi connectivity index (χ1n) is 5.38. The Hall–Kier alpha value is -1.90. The molecule has 0 N–H and O–H groups in total. The summed E-state index contributed by atoms with van der Waals surface area (Å²) in [7, 11) is 0. The van der Waals surface area contributed by atoms with Gasteiger partial charge in [-0.05, 0) is 12.5 Å². The molecule has 0 bridgehead atoms. The van der Waals surface area contributed by atoms with Crippen LogP contribution in [0.25, 0.3) is 0 Å². The van der Waals surface area contributed by atoms with Gasteiger partial charge in [0.2, 0.25) is 0 Å². The number of aryl methyl sites for hydroxylation is 1. The van der Waals surface area contributed by atoms with Crippen molar-refractivity contribution in [3.8, 4) is 0 Å². The third-order valence-electron chi connectivity index (χ3n) is 2.67. The first-order valence-corrected chi connectivity index (χ1v) is 5.38. The van der Waals surface area contributed by atoms with Gasteiger partial charge in [-0.2, -0.15) is 0 Å². The Kier molecular flexibility index (Phi) is 3.15. The minimum Gasteiger partial charge on any atom is -0.335 e. The Bertz CT molecular complexity index is 488. The van der Waals surface area contributed by atoms with Crippen LogP contribution in [0.3, 0.4) is 0 Å². The zero-order chi connectivity index (χ0) is 11.4. The molecule has 0 saturated carbocycles. The van der Waals surface area contributed by atoms with Gasteiger partial charge < -0.3 is 4.57 Å². The maximum absolute atomic E-state index is 10.9. The number of carbonyl (C=O) groups excluding carboxylic acids is 1. The van der Waals surface area contributed by atoms with Gasteiger partial charge >= 0.3 is 0 Å². The van der Waals surface area contributed by atoms with Gasteiger partial charge in [0, 0.05) is 30.9 Å². The molecule has 1 aromatic heterocycles. The van der Waals surface area contributed by atoms with Crippen molar-refractivity contribution in [1.29, 1.82) is 0 Å². The van der Waals surface area contributed by atoms with E-state index in [9.17, 15) is 4.79 Å². The van der Waals surface area contributed by atoms with Crippen LogP contribution in [0.4, 0.5) is 0 Å². The van der Waals surface area contributed by atoms with Crippen LogP contribution in [0.1, 0.15) is 28.7 Å². The zero-order valence-corrected chi connectivity index (χ0v) is 9.26. The molecule has 0 radical (unpaired) electrons. The average Bonchev–Trinajstić information content (AvgIpc) is 2.77. The van der Waals surface area contributed by atoms with Crippen molar-refractivity contribution < 1.29 is 4.79 Å². The van der Waals surface area contributed by atoms with E-state index in [1.165, 1.54) is 0 Å². The normalized spacial score (nSPS) is 10.3. The molecule has 3 heteroatoms. The highest BCUT2D eigenvalue weighted by Gasteiger charge is 2.06. The number of imidazole rings is 1. The Balaban J connectivity index is 2.30. The lowest BCUT2D eigenvalue weighted by molar-refractivity contribution is 0.112. The molecule has 1 aromatic carbocycles. The molecule has 0 unspecified atom stereocenters. The molecule has 1 heterocycles. The minimum absolute atomic E-state index is 0.704. The first kappa shape index (κ1) is 10.6. The SMILES string of the molecule is CCn1ccnc1Cc1ccccc1C=O. The summed E-state index contributed by atoms with van der Waals surface area (Å²) in [6.45, 7) is 2.98. The largest absolute Gasteiger partial charge is 0.335 e. The molecule has 0 spiro atoms. The van der Waals surface area contributed by atoms with E-state index in [0.29, 0.717) is 6.42 Å². The lowest BCUT2D eigenvalue weighted by Crippen LogP contribution is -2.03. The molecule has 0 saturated heterocycles. The summed E-state index contributed by atoms with van der Waals surface area (Å²) in [4.78, 5) is 15.2. The van der Waals surface area contributed by atoms with Crippen LogP contribution < -0.4 is 0 Å². The van der Waals surface area contributed by atoms with E-state index in [2.05, 4.69) is 16.5 Å². The van der Waals surface area contributed by atoms with Gasteiger partial charge in [0.15, 0.2) is 0 Å². The Morgan fingerprint density at radius 3 is 2.94 bits per heavy atom. The minimum atomic E-state index is 0.704. The summed E-state index contributed by atoms with van der Waals surface area (Å²) in [6.07, 6.45) is 5.35. The summed E-state index contributed by atoms with van der Waals surface area (Å²) >= 11 is 0. The van der Waals surface area contributed by atoms with E-state index in [4.69, 9.17) is 0 Å². The van der Waals surface area contributed by atoms with E-state index < -0.39 is 0 Å². The number of aromatic nitrogens is 2. The number of nitrogens with zero attached hydrogens (tertiary/aromatic N) is 2. The van der Waals surface area contributed by atoms with E-state index >= 15 is 0 Å². The van der Waals surface area contributed by atoms with Crippen molar-refractivity contribution in [2.45, 2.75) is 19.9 Å². The lowest BCUT2D eigenvalue weighted by Gasteiger charge is -2.06. The fourth-order valence-corrected chi connectivity index (χ4v) is 1.78. The number of rotatable bonds is 4. The number of hydrogen-bond donors (Lipinski definition) is 0. The first-order chi connectivity index (χ1) is 7.85. The maximum Gasteiger partial charge on any atom is 0.150 e. The second-order valence-electron chi connectivity index (χ2n) is 3.62. The third-order valence-corrected chi connectivity index (χ3v) is 2.67. The van der Waals surface area contributed by atoms with Crippen LogP contribution in [0.5, 0.6) is 0 Å². The van der Waals surface area contributed by atoms with Crippen LogP contribution in [-0.2, 0) is 13.0 Å². The fraction of sp³-hybridized carbons (Fsp3) is 0.231. The van der Waals surface area contributed by atoms with Gasteiger partial charge in [0.1, 0.15) is 12.1 Å². The van der Waals surface area contributed by atoms with Crippen molar-refractivity contribution in [1.82, 2.24) is 9.55 Å². The topological polar surface area (TPSA) is 34.9 Å². The third kappa shape index (κ3) is 2.03. The quantitative estimate of drug-likeness (QED) is 0.732. The van der Waals surface area contributed by atoms with Crippen molar-refractivity contribution in [2.24, 2.45) is 0 Å². The molecule has 0 atom stereocenters. The smallest absolute Gasteiger partial charge is 0.150 e. The Morgan fingerprint density at radius 2 is 2.19 bits per heavy atom. The second kappa shape index (κ2) is 4.75. The average molecular weight is 214 g/mol. The molecule has 16 heavy (non-hydrogen) atoms. The Labute approximate surface area is 94.7 Å². The molecule has 3 nitrogen and oxygen atoms in total. The van der Waals surface area contributed by atoms with E-state index in [1.807, 2.05) is 30.5 Å². The second-order valence-corrected chi connectivity index (χ2v) is 3.62. The van der Waals surface area contributed by atoms with Gasteiger partial charge in [-0.1, -0.05) is 24.3 Å². The number of carbonyl (C=O) groups is 1. The van der Waals surface area contributed by atoms with Crippen molar-refractivity contribution >= 4 is 6.29 Å². The Morgan fingerprint density at radius 1 is 1.38 bits per heavy atom. The summed E-state index contributed by atoms with van der Waals surface area (Å²) < 4.78 is 2.08. The van der Waals surface area contributed by atoms with E-state index in [1.54, 1.807) is 6.20 Å². The molecule has 0 aliphatic carbocycles. The number of aldehydes is 1. The molecule has 0 amide bonds. The van der Waals surface area contributed by atoms with Crippen molar-refractivity contribution in [3.63, 3.8) is 0 Å². The monoisotopic (exact) mass is 214 g/mol. The van der Waals surface area contributed by atoms with E-state index in [0.717, 1.165) is 29.8 Å². The predicted molar refractivity (Wildman–Crippen MR) is 62.5 cm³/mol. The summed E-state index contributed by atoms with van der Waals surface area (Å²) in [5, 5.41) is 0. The van der Waals surface area contributed by atoms with Crippen LogP contribution in [-0.4, -0.2) is 15.8 Å². The molecule has 0 aliphatic rings. The van der Waals surface area contributed by atoms with E-state index in [-0.39, 0.29) is 0 Å². The van der Waals surface area contributed by atoms with Crippen LogP contribution in [0, 0.1) is 0 Å². The number of hydrogen-bond acceptors (Lipinski definition) is 2. The summed E-state index contributed by atoms with van der Waals surface area (Å²) in [5.74, 6) is 0.997. The van der Waals surface area contributed by atoms with Gasteiger partial charge in [-0.25, -0.2) is 4.98 Å². The summed E-state index contributed by atoms with van der Waals surface area (Å²) in [5.41, 5.74) is 1.77. The highest BCUT2D eigenvalue weighted by atomic mass is 16.1. The van der Waals surface area contributed by atoms with Gasteiger partial charge in [0.05, 0.1) is 0 Å². The van der Waals surface area contributed by atoms with Crippen molar-refractivity contribution in [2.75, 3.05) is 0 Å². The van der Waals surface area contributed by atoms with Gasteiger partial charge in [-0.3, -0.25) is 4.79 Å². The molecule has 82 valence electrons. The standard InChI is InChI=1S/C13H14N2O/c1-2-15-8-7-14-13(15)9-11-5-3-4-6-12(11)10-16/h3-8,10H,2,9H2,1H3. The maximum atomic E-state index is 10.9.